The van der Waals surface area contributed by atoms with Gasteiger partial charge in [0.05, 0.1) is 22.3 Å². The molecular formula is C30H30N2O7. The van der Waals surface area contributed by atoms with E-state index in [2.05, 4.69) is 10.6 Å². The van der Waals surface area contributed by atoms with Gasteiger partial charge in [0.25, 0.3) is 11.8 Å². The second kappa shape index (κ2) is 11.0. The number of carbonyl (C=O) groups is 4. The van der Waals surface area contributed by atoms with Gasteiger partial charge in [-0.05, 0) is 49.6 Å². The maximum absolute atomic E-state index is 13.3. The topological polar surface area (TPSA) is 142 Å². The lowest BCUT2D eigenvalue weighted by molar-refractivity contribution is 0.0651. The van der Waals surface area contributed by atoms with Crippen LogP contribution < -0.4 is 15.4 Å². The molecule has 202 valence electrons. The number of hydrogen-bond donors (Lipinski definition) is 4. The summed E-state index contributed by atoms with van der Waals surface area (Å²) < 4.78 is 6.16. The molecule has 4 N–H and O–H groups in total. The Morgan fingerprint density at radius 2 is 1.15 bits per heavy atom. The highest BCUT2D eigenvalue weighted by molar-refractivity contribution is 6.08. The van der Waals surface area contributed by atoms with Crippen molar-refractivity contribution in [2.45, 2.75) is 39.0 Å². The SMILES string of the molecule is CCCNC(=O)c1cc2c(cc1C(=O)NCCC)C(C)(c1ccccc1)c1cc(C(=O)O)c(C(=O)O)cc1O2. The number of carboxylic acids is 2. The summed E-state index contributed by atoms with van der Waals surface area (Å²) in [6.07, 6.45) is 1.41. The molecule has 1 aliphatic heterocycles. The van der Waals surface area contributed by atoms with Crippen molar-refractivity contribution in [3.8, 4) is 11.5 Å². The minimum Gasteiger partial charge on any atom is -0.478 e. The Balaban J connectivity index is 2.04. The minimum atomic E-state index is -1.41. The highest BCUT2D eigenvalue weighted by Gasteiger charge is 2.42. The molecule has 9 heteroatoms. The third-order valence-corrected chi connectivity index (χ3v) is 6.91. The average molecular weight is 531 g/mol. The lowest BCUT2D eigenvalue weighted by atomic mass is 9.68. The Kier molecular flexibility index (Phi) is 7.71. The van der Waals surface area contributed by atoms with E-state index in [1.165, 1.54) is 18.2 Å². The van der Waals surface area contributed by atoms with Crippen LogP contribution in [0.25, 0.3) is 0 Å². The van der Waals surface area contributed by atoms with E-state index in [0.717, 1.165) is 5.56 Å². The number of carbonyl (C=O) groups excluding carboxylic acids is 2. The van der Waals surface area contributed by atoms with Gasteiger partial charge in [0.1, 0.15) is 11.5 Å². The van der Waals surface area contributed by atoms with Crippen LogP contribution in [0.4, 0.5) is 0 Å². The van der Waals surface area contributed by atoms with Crippen LogP contribution in [0.15, 0.2) is 54.6 Å². The van der Waals surface area contributed by atoms with Gasteiger partial charge in [-0.2, -0.15) is 0 Å². The van der Waals surface area contributed by atoms with Crippen molar-refractivity contribution >= 4 is 23.8 Å². The van der Waals surface area contributed by atoms with Crippen molar-refractivity contribution in [2.75, 3.05) is 13.1 Å². The van der Waals surface area contributed by atoms with Crippen LogP contribution in [-0.2, 0) is 5.41 Å². The number of amides is 2. The van der Waals surface area contributed by atoms with Gasteiger partial charge >= 0.3 is 11.9 Å². The van der Waals surface area contributed by atoms with Gasteiger partial charge < -0.3 is 25.6 Å². The van der Waals surface area contributed by atoms with E-state index in [-0.39, 0.29) is 28.2 Å². The Morgan fingerprint density at radius 3 is 1.64 bits per heavy atom. The van der Waals surface area contributed by atoms with Crippen molar-refractivity contribution < 1.29 is 34.1 Å². The predicted octanol–water partition coefficient (Wildman–Crippen LogP) is 4.82. The number of fused-ring (bicyclic) bond motifs is 2. The molecule has 1 aliphatic rings. The number of rotatable bonds is 9. The van der Waals surface area contributed by atoms with E-state index in [1.54, 1.807) is 6.07 Å². The summed E-state index contributed by atoms with van der Waals surface area (Å²) in [5.74, 6) is -3.24. The predicted molar refractivity (Wildman–Crippen MR) is 144 cm³/mol. The molecule has 3 aromatic rings. The molecule has 0 aliphatic carbocycles. The summed E-state index contributed by atoms with van der Waals surface area (Å²) in [5, 5.41) is 25.2. The molecule has 0 saturated heterocycles. The molecule has 0 fully saturated rings. The van der Waals surface area contributed by atoms with Crippen molar-refractivity contribution in [1.29, 1.82) is 0 Å². The first-order chi connectivity index (χ1) is 18.6. The standard InChI is InChI=1S/C30H30N2O7/c1-4-11-31-26(33)18-13-22-24(15-19(18)27(34)32-12-5-2)39-25-16-21(29(37)38)20(28(35)36)14-23(25)30(22,3)17-9-7-6-8-10-17/h6-10,13-16H,4-5,11-12H2,1-3H3,(H,31,33)(H,32,34)(H,35,36)(H,37,38). The van der Waals surface area contributed by atoms with Crippen LogP contribution in [0.2, 0.25) is 0 Å². The van der Waals surface area contributed by atoms with Crippen molar-refractivity contribution in [3.63, 3.8) is 0 Å². The van der Waals surface area contributed by atoms with Crippen LogP contribution in [-0.4, -0.2) is 47.1 Å². The largest absolute Gasteiger partial charge is 0.478 e. The molecule has 0 radical (unpaired) electrons. The van der Waals surface area contributed by atoms with Crippen molar-refractivity contribution in [3.05, 3.63) is 93.5 Å². The smallest absolute Gasteiger partial charge is 0.336 e. The van der Waals surface area contributed by atoms with E-state index in [1.807, 2.05) is 51.1 Å². The maximum atomic E-state index is 13.3. The summed E-state index contributed by atoms with van der Waals surface area (Å²) in [6, 6.07) is 14.9. The zero-order valence-corrected chi connectivity index (χ0v) is 22.0. The molecule has 2 amide bonds. The lowest BCUT2D eigenvalue weighted by Crippen LogP contribution is -2.34. The fourth-order valence-corrected chi connectivity index (χ4v) is 4.85. The fraction of sp³-hybridized carbons (Fsp3) is 0.267. The Morgan fingerprint density at radius 1 is 0.718 bits per heavy atom. The Labute approximate surface area is 225 Å². The summed E-state index contributed by atoms with van der Waals surface area (Å²) in [5.41, 5.74) is 0.146. The second-order valence-electron chi connectivity index (χ2n) is 9.50. The average Bonchev–Trinajstić information content (AvgIpc) is 2.93. The minimum absolute atomic E-state index is 0.121. The van der Waals surface area contributed by atoms with E-state index in [0.29, 0.717) is 37.1 Å². The highest BCUT2D eigenvalue weighted by Crippen LogP contribution is 2.52. The number of carboxylic acid groups (broad SMARTS) is 2. The summed E-state index contributed by atoms with van der Waals surface area (Å²) >= 11 is 0. The van der Waals surface area contributed by atoms with Gasteiger partial charge in [-0.3, -0.25) is 9.59 Å². The summed E-state index contributed by atoms with van der Waals surface area (Å²) in [6.45, 7) is 6.53. The zero-order valence-electron chi connectivity index (χ0n) is 22.0. The molecule has 9 nitrogen and oxygen atoms in total. The first-order valence-electron chi connectivity index (χ1n) is 12.8. The maximum Gasteiger partial charge on any atom is 0.336 e. The Bertz CT molecular complexity index is 1470. The van der Waals surface area contributed by atoms with Gasteiger partial charge in [0.2, 0.25) is 0 Å². The van der Waals surface area contributed by atoms with E-state index in [9.17, 15) is 29.4 Å². The molecule has 3 aromatic carbocycles. The second-order valence-corrected chi connectivity index (χ2v) is 9.50. The van der Waals surface area contributed by atoms with Gasteiger partial charge in [-0.15, -0.1) is 0 Å². The number of nitrogens with one attached hydrogen (secondary N) is 2. The Hall–Kier alpha value is -4.66. The van der Waals surface area contributed by atoms with Crippen LogP contribution >= 0.6 is 0 Å². The lowest BCUT2D eigenvalue weighted by Gasteiger charge is -2.39. The van der Waals surface area contributed by atoms with E-state index < -0.39 is 34.7 Å². The first kappa shape index (κ1) is 27.4. The third-order valence-electron chi connectivity index (χ3n) is 6.91. The van der Waals surface area contributed by atoms with Crippen molar-refractivity contribution in [1.82, 2.24) is 10.6 Å². The monoisotopic (exact) mass is 530 g/mol. The van der Waals surface area contributed by atoms with Crippen LogP contribution in [0, 0.1) is 0 Å². The zero-order chi connectivity index (χ0) is 28.3. The molecule has 0 bridgehead atoms. The fourth-order valence-electron chi connectivity index (χ4n) is 4.85. The van der Waals surface area contributed by atoms with Crippen LogP contribution in [0.5, 0.6) is 11.5 Å². The normalized spacial score (nSPS) is 15.4. The van der Waals surface area contributed by atoms with Gasteiger partial charge in [0.15, 0.2) is 0 Å². The van der Waals surface area contributed by atoms with Crippen molar-refractivity contribution in [2.24, 2.45) is 0 Å². The number of benzene rings is 3. The van der Waals surface area contributed by atoms with Gasteiger partial charge in [-0.25, -0.2) is 9.59 Å². The molecule has 1 unspecified atom stereocenters. The number of hydrogen-bond acceptors (Lipinski definition) is 5. The molecule has 1 heterocycles. The summed E-state index contributed by atoms with van der Waals surface area (Å²) in [7, 11) is 0. The van der Waals surface area contributed by atoms with Gasteiger partial charge in [0, 0.05) is 29.6 Å². The molecular weight excluding hydrogens is 500 g/mol. The van der Waals surface area contributed by atoms with E-state index in [4.69, 9.17) is 4.74 Å². The molecule has 4 rings (SSSR count). The molecule has 1 atom stereocenters. The highest BCUT2D eigenvalue weighted by atomic mass is 16.5. The molecule has 0 aromatic heterocycles. The summed E-state index contributed by atoms with van der Waals surface area (Å²) in [4.78, 5) is 50.4. The van der Waals surface area contributed by atoms with Gasteiger partial charge in [-0.1, -0.05) is 44.2 Å². The third kappa shape index (κ3) is 4.95. The van der Waals surface area contributed by atoms with E-state index >= 15 is 0 Å². The number of aromatic carboxylic acids is 2. The quantitative estimate of drug-likeness (QED) is 0.311. The molecule has 0 spiro atoms. The van der Waals surface area contributed by atoms with Crippen LogP contribution in [0.1, 0.15) is 91.7 Å². The molecule has 39 heavy (non-hydrogen) atoms. The molecule has 0 saturated carbocycles. The first-order valence-corrected chi connectivity index (χ1v) is 12.8. The van der Waals surface area contributed by atoms with Crippen LogP contribution in [0.3, 0.4) is 0 Å². The number of ether oxygens (including phenoxy) is 1.